The van der Waals surface area contributed by atoms with E-state index in [9.17, 15) is 4.79 Å². The number of aryl methyl sites for hydroxylation is 2. The van der Waals surface area contributed by atoms with Crippen molar-refractivity contribution < 1.29 is 9.53 Å². The molecular weight excluding hydrogens is 476 g/mol. The monoisotopic (exact) mass is 506 g/mol. The summed E-state index contributed by atoms with van der Waals surface area (Å²) in [6.07, 6.45) is 3.35. The first-order valence-corrected chi connectivity index (χ1v) is 12.7. The van der Waals surface area contributed by atoms with Gasteiger partial charge in [0.05, 0.1) is 22.9 Å². The maximum Gasteiger partial charge on any atom is 0.232 e. The van der Waals surface area contributed by atoms with Crippen molar-refractivity contribution in [1.29, 1.82) is 0 Å². The number of carbonyl (C=O) groups excluding carboxylic acids is 1. The van der Waals surface area contributed by atoms with E-state index in [0.717, 1.165) is 50.4 Å². The summed E-state index contributed by atoms with van der Waals surface area (Å²) in [5, 5.41) is 4.30. The fourth-order valence-corrected chi connectivity index (χ4v) is 4.96. The Bertz CT molecular complexity index is 1710. The normalized spacial score (nSPS) is 16.9. The summed E-state index contributed by atoms with van der Waals surface area (Å²) in [5.74, 6) is 2.60. The molecular formula is C30H30N6O2. The Morgan fingerprint density at radius 3 is 2.61 bits per heavy atom. The van der Waals surface area contributed by atoms with Crippen molar-refractivity contribution in [3.05, 3.63) is 72.8 Å². The summed E-state index contributed by atoms with van der Waals surface area (Å²) in [7, 11) is 1.97. The zero-order chi connectivity index (χ0) is 26.6. The molecule has 1 fully saturated rings. The third-order valence-corrected chi connectivity index (χ3v) is 7.78. The maximum atomic E-state index is 13.1. The van der Waals surface area contributed by atoms with E-state index >= 15 is 0 Å². The number of fused-ring (bicyclic) bond motifs is 2. The highest BCUT2D eigenvalue weighted by Crippen LogP contribution is 2.40. The van der Waals surface area contributed by atoms with Gasteiger partial charge in [-0.3, -0.25) is 4.79 Å². The second kappa shape index (κ2) is 8.83. The van der Waals surface area contributed by atoms with Crippen molar-refractivity contribution in [2.75, 3.05) is 16.8 Å². The average Bonchev–Trinajstić information content (AvgIpc) is 3.37. The molecule has 0 saturated carbocycles. The first-order chi connectivity index (χ1) is 18.2. The predicted octanol–water partition coefficient (Wildman–Crippen LogP) is 6.37. The number of hydrogen-bond donors (Lipinski definition) is 1. The smallest absolute Gasteiger partial charge is 0.232 e. The maximum absolute atomic E-state index is 13.1. The molecule has 1 saturated heterocycles. The second-order valence-corrected chi connectivity index (χ2v) is 10.7. The van der Waals surface area contributed by atoms with Crippen molar-refractivity contribution in [2.24, 2.45) is 18.4 Å². The third kappa shape index (κ3) is 4.02. The van der Waals surface area contributed by atoms with Crippen LogP contribution < -0.4 is 15.0 Å². The highest BCUT2D eigenvalue weighted by Gasteiger charge is 2.45. The van der Waals surface area contributed by atoms with Gasteiger partial charge in [-0.1, -0.05) is 20.8 Å². The van der Waals surface area contributed by atoms with Crippen molar-refractivity contribution in [1.82, 2.24) is 19.5 Å². The lowest BCUT2D eigenvalue weighted by atomic mass is 9.83. The lowest BCUT2D eigenvalue weighted by Crippen LogP contribution is -2.31. The minimum atomic E-state index is -0.381. The molecule has 8 heteroatoms. The van der Waals surface area contributed by atoms with Gasteiger partial charge in [-0.2, -0.15) is 0 Å². The molecule has 3 aromatic carbocycles. The Hall–Kier alpha value is -4.46. The Balaban J connectivity index is 1.26. The van der Waals surface area contributed by atoms with Crippen LogP contribution in [-0.2, 0) is 11.8 Å². The van der Waals surface area contributed by atoms with Crippen LogP contribution in [-0.4, -0.2) is 32.0 Å². The van der Waals surface area contributed by atoms with Crippen LogP contribution in [0.3, 0.4) is 0 Å². The molecule has 0 spiro atoms. The highest BCUT2D eigenvalue weighted by atomic mass is 16.5. The van der Waals surface area contributed by atoms with Gasteiger partial charge in [-0.05, 0) is 66.9 Å². The number of amides is 1. The van der Waals surface area contributed by atoms with Crippen molar-refractivity contribution >= 4 is 45.0 Å². The van der Waals surface area contributed by atoms with Crippen LogP contribution in [0.15, 0.2) is 67.3 Å². The number of ether oxygens (including phenoxy) is 1. The average molecular weight is 507 g/mol. The molecule has 1 N–H and O–H groups in total. The van der Waals surface area contributed by atoms with Gasteiger partial charge in [0.15, 0.2) is 0 Å². The molecule has 2 aromatic heterocycles. The van der Waals surface area contributed by atoms with Gasteiger partial charge in [-0.25, -0.2) is 15.0 Å². The predicted molar refractivity (Wildman–Crippen MR) is 150 cm³/mol. The molecule has 3 heterocycles. The SMILES string of the molecule is Cc1cc(Nc2ncnc3ccc(N4CC(C)C(C)(C)C4=O)cc23)ccc1Oc1ccc2c(c1)ncn2C. The molecule has 1 aliphatic rings. The molecule has 1 unspecified atom stereocenters. The molecule has 0 radical (unpaired) electrons. The molecule has 5 aromatic rings. The van der Waals surface area contributed by atoms with Crippen LogP contribution in [0.25, 0.3) is 21.9 Å². The van der Waals surface area contributed by atoms with E-state index in [4.69, 9.17) is 4.74 Å². The zero-order valence-electron chi connectivity index (χ0n) is 22.2. The van der Waals surface area contributed by atoms with Gasteiger partial charge < -0.3 is 19.5 Å². The number of rotatable bonds is 5. The first-order valence-electron chi connectivity index (χ1n) is 12.7. The van der Waals surface area contributed by atoms with E-state index in [2.05, 4.69) is 27.2 Å². The summed E-state index contributed by atoms with van der Waals surface area (Å²) >= 11 is 0. The molecule has 6 rings (SSSR count). The summed E-state index contributed by atoms with van der Waals surface area (Å²) in [6, 6.07) is 17.8. The largest absolute Gasteiger partial charge is 0.457 e. The summed E-state index contributed by atoms with van der Waals surface area (Å²) in [6.45, 7) is 8.87. The number of hydrogen-bond acceptors (Lipinski definition) is 6. The van der Waals surface area contributed by atoms with E-state index in [-0.39, 0.29) is 17.2 Å². The molecule has 1 amide bonds. The van der Waals surface area contributed by atoms with Crippen LogP contribution in [0.5, 0.6) is 11.5 Å². The Labute approximate surface area is 221 Å². The number of nitrogens with zero attached hydrogens (tertiary/aromatic N) is 5. The van der Waals surface area contributed by atoms with E-state index in [1.165, 1.54) is 0 Å². The van der Waals surface area contributed by atoms with Gasteiger partial charge in [0.25, 0.3) is 0 Å². The lowest BCUT2D eigenvalue weighted by molar-refractivity contribution is -0.125. The molecule has 1 atom stereocenters. The minimum Gasteiger partial charge on any atom is -0.457 e. The van der Waals surface area contributed by atoms with Crippen LogP contribution in [0.1, 0.15) is 26.3 Å². The van der Waals surface area contributed by atoms with Crippen molar-refractivity contribution in [3.8, 4) is 11.5 Å². The molecule has 0 bridgehead atoms. The van der Waals surface area contributed by atoms with Crippen LogP contribution >= 0.6 is 0 Å². The third-order valence-electron chi connectivity index (χ3n) is 7.78. The zero-order valence-corrected chi connectivity index (χ0v) is 22.2. The van der Waals surface area contributed by atoms with E-state index in [0.29, 0.717) is 12.4 Å². The topological polar surface area (TPSA) is 85.2 Å². The molecule has 0 aliphatic carbocycles. The number of nitrogens with one attached hydrogen (secondary N) is 1. The van der Waals surface area contributed by atoms with Crippen LogP contribution in [0, 0.1) is 18.3 Å². The minimum absolute atomic E-state index is 0.143. The summed E-state index contributed by atoms with van der Waals surface area (Å²) < 4.78 is 8.15. The molecule has 192 valence electrons. The standard InChI is InChI=1S/C30H30N6O2/c1-18-12-20(6-11-27(18)38-22-8-10-26-25(14-22)33-17-35(26)5)34-28-23-13-21(7-9-24(23)31-16-32-28)36-15-19(2)30(3,4)29(36)37/h6-14,16-17,19H,15H2,1-5H3,(H,31,32,34). The summed E-state index contributed by atoms with van der Waals surface area (Å²) in [5.41, 5.74) is 5.11. The van der Waals surface area contributed by atoms with Crippen molar-refractivity contribution in [3.63, 3.8) is 0 Å². The lowest BCUT2D eigenvalue weighted by Gasteiger charge is -2.21. The highest BCUT2D eigenvalue weighted by molar-refractivity contribution is 6.02. The molecule has 8 nitrogen and oxygen atoms in total. The van der Waals surface area contributed by atoms with Gasteiger partial charge in [-0.15, -0.1) is 0 Å². The van der Waals surface area contributed by atoms with Crippen LogP contribution in [0.2, 0.25) is 0 Å². The molecule has 38 heavy (non-hydrogen) atoms. The Morgan fingerprint density at radius 2 is 1.84 bits per heavy atom. The number of aromatic nitrogens is 4. The number of imidazole rings is 1. The Morgan fingerprint density at radius 1 is 1.00 bits per heavy atom. The number of carbonyl (C=O) groups is 1. The Kier molecular flexibility index (Phi) is 5.56. The quantitative estimate of drug-likeness (QED) is 0.298. The van der Waals surface area contributed by atoms with Gasteiger partial charge in [0.2, 0.25) is 5.91 Å². The van der Waals surface area contributed by atoms with Gasteiger partial charge >= 0.3 is 0 Å². The fraction of sp³-hybridized carbons (Fsp3) is 0.267. The summed E-state index contributed by atoms with van der Waals surface area (Å²) in [4.78, 5) is 28.3. The van der Waals surface area contributed by atoms with E-state index in [1.807, 2.05) is 91.9 Å². The van der Waals surface area contributed by atoms with Gasteiger partial charge in [0, 0.05) is 41.8 Å². The van der Waals surface area contributed by atoms with E-state index < -0.39 is 0 Å². The number of anilines is 3. The second-order valence-electron chi connectivity index (χ2n) is 10.7. The first kappa shape index (κ1) is 23.9. The van der Waals surface area contributed by atoms with E-state index in [1.54, 1.807) is 12.7 Å². The number of benzene rings is 3. The van der Waals surface area contributed by atoms with Gasteiger partial charge in [0.1, 0.15) is 23.6 Å². The van der Waals surface area contributed by atoms with Crippen LogP contribution in [0.4, 0.5) is 17.2 Å². The fourth-order valence-electron chi connectivity index (χ4n) is 4.96. The molecule has 1 aliphatic heterocycles. The van der Waals surface area contributed by atoms with Crippen molar-refractivity contribution in [2.45, 2.75) is 27.7 Å².